The van der Waals surface area contributed by atoms with E-state index in [1.54, 1.807) is 18.2 Å². The zero-order valence-corrected chi connectivity index (χ0v) is 7.82. The van der Waals surface area contributed by atoms with Crippen LogP contribution in [0.2, 0.25) is 0 Å². The molecule has 1 heterocycles. The Balaban J connectivity index is 2.81. The fourth-order valence-corrected chi connectivity index (χ4v) is 1.26. The Hall–Kier alpha value is -2.57. The van der Waals surface area contributed by atoms with Crippen molar-refractivity contribution < 1.29 is 14.8 Å². The summed E-state index contributed by atoms with van der Waals surface area (Å²) in [6.07, 6.45) is 0. The van der Waals surface area contributed by atoms with E-state index >= 15 is 0 Å². The number of nitro groups is 1. The average molecular weight is 219 g/mol. The Morgan fingerprint density at radius 1 is 1.25 bits per heavy atom. The zero-order chi connectivity index (χ0) is 11.7. The molecule has 1 aromatic heterocycles. The van der Waals surface area contributed by atoms with Gasteiger partial charge in [-0.05, 0) is 22.0 Å². The third kappa shape index (κ3) is 1.54. The van der Waals surface area contributed by atoms with Crippen LogP contribution in [0.5, 0.6) is 0 Å². The summed E-state index contributed by atoms with van der Waals surface area (Å²) in [6, 6.07) is 6.36. The van der Waals surface area contributed by atoms with Crippen LogP contribution >= 0.6 is 0 Å². The van der Waals surface area contributed by atoms with E-state index in [-0.39, 0.29) is 0 Å². The van der Waals surface area contributed by atoms with Crippen molar-refractivity contribution in [3.8, 4) is 0 Å². The maximum Gasteiger partial charge on any atom is 0.397 e. The quantitative estimate of drug-likeness (QED) is 0.601. The maximum absolute atomic E-state index is 10.8. The SMILES string of the molecule is O=C(O)c1nc2ccccc2nc1[N+](=O)[O-]. The van der Waals surface area contributed by atoms with Gasteiger partial charge in [-0.25, -0.2) is 9.78 Å². The van der Waals surface area contributed by atoms with Gasteiger partial charge in [-0.3, -0.25) is 0 Å². The van der Waals surface area contributed by atoms with Gasteiger partial charge in [0.25, 0.3) is 0 Å². The van der Waals surface area contributed by atoms with E-state index < -0.39 is 22.4 Å². The molecule has 7 nitrogen and oxygen atoms in total. The molecule has 0 aliphatic carbocycles. The summed E-state index contributed by atoms with van der Waals surface area (Å²) >= 11 is 0. The van der Waals surface area contributed by atoms with Crippen LogP contribution in [0.4, 0.5) is 5.82 Å². The topological polar surface area (TPSA) is 106 Å². The number of aromatic carboxylic acids is 1. The van der Waals surface area contributed by atoms with E-state index in [0.29, 0.717) is 11.0 Å². The van der Waals surface area contributed by atoms with Gasteiger partial charge < -0.3 is 15.2 Å². The Kier molecular flexibility index (Phi) is 2.20. The third-order valence-electron chi connectivity index (χ3n) is 1.93. The van der Waals surface area contributed by atoms with Crippen LogP contribution < -0.4 is 0 Å². The highest BCUT2D eigenvalue weighted by Gasteiger charge is 2.24. The Morgan fingerprint density at radius 2 is 1.81 bits per heavy atom. The van der Waals surface area contributed by atoms with Crippen LogP contribution in [-0.2, 0) is 0 Å². The molecule has 80 valence electrons. The first-order valence-corrected chi connectivity index (χ1v) is 4.24. The van der Waals surface area contributed by atoms with Crippen LogP contribution in [-0.4, -0.2) is 26.0 Å². The van der Waals surface area contributed by atoms with Crippen LogP contribution in [0, 0.1) is 10.1 Å². The van der Waals surface area contributed by atoms with Gasteiger partial charge in [0.2, 0.25) is 11.2 Å². The van der Waals surface area contributed by atoms with E-state index in [9.17, 15) is 14.9 Å². The minimum Gasteiger partial charge on any atom is -0.476 e. The van der Waals surface area contributed by atoms with E-state index in [1.807, 2.05) is 0 Å². The molecule has 1 aromatic carbocycles. The summed E-state index contributed by atoms with van der Waals surface area (Å²) < 4.78 is 0. The van der Waals surface area contributed by atoms with Gasteiger partial charge in [0.15, 0.2) is 0 Å². The number of fused-ring (bicyclic) bond motifs is 1. The lowest BCUT2D eigenvalue weighted by Crippen LogP contribution is -2.08. The smallest absolute Gasteiger partial charge is 0.397 e. The summed E-state index contributed by atoms with van der Waals surface area (Å²) in [5, 5.41) is 19.4. The van der Waals surface area contributed by atoms with Gasteiger partial charge in [-0.1, -0.05) is 12.1 Å². The molecule has 0 unspecified atom stereocenters. The van der Waals surface area contributed by atoms with Crippen molar-refractivity contribution in [1.29, 1.82) is 0 Å². The molecule has 0 saturated heterocycles. The molecule has 0 fully saturated rings. The molecule has 0 saturated carbocycles. The predicted molar refractivity (Wildman–Crippen MR) is 53.2 cm³/mol. The van der Waals surface area contributed by atoms with Crippen LogP contribution in [0.25, 0.3) is 11.0 Å². The normalized spacial score (nSPS) is 10.2. The first kappa shape index (κ1) is 9.97. The molecule has 0 aliphatic heterocycles. The Labute approximate surface area is 88.5 Å². The molecule has 0 bridgehead atoms. The minimum absolute atomic E-state index is 0.291. The molecule has 0 aliphatic rings. The van der Waals surface area contributed by atoms with Gasteiger partial charge >= 0.3 is 11.8 Å². The molecular formula is C9H5N3O4. The van der Waals surface area contributed by atoms with Gasteiger partial charge in [-0.15, -0.1) is 0 Å². The van der Waals surface area contributed by atoms with Crippen molar-refractivity contribution in [2.24, 2.45) is 0 Å². The van der Waals surface area contributed by atoms with E-state index in [4.69, 9.17) is 5.11 Å². The van der Waals surface area contributed by atoms with Crippen LogP contribution in [0.1, 0.15) is 10.5 Å². The summed E-state index contributed by atoms with van der Waals surface area (Å²) in [7, 11) is 0. The van der Waals surface area contributed by atoms with E-state index in [2.05, 4.69) is 9.97 Å². The molecule has 16 heavy (non-hydrogen) atoms. The third-order valence-corrected chi connectivity index (χ3v) is 1.93. The minimum atomic E-state index is -1.47. The number of aromatic nitrogens is 2. The molecule has 2 aromatic rings. The summed E-state index contributed by atoms with van der Waals surface area (Å²) in [5.74, 6) is -2.21. The van der Waals surface area contributed by atoms with Crippen molar-refractivity contribution in [2.45, 2.75) is 0 Å². The fourth-order valence-electron chi connectivity index (χ4n) is 1.26. The molecular weight excluding hydrogens is 214 g/mol. The van der Waals surface area contributed by atoms with E-state index in [1.165, 1.54) is 6.07 Å². The van der Waals surface area contributed by atoms with Crippen LogP contribution in [0.3, 0.4) is 0 Å². The molecule has 0 atom stereocenters. The highest BCUT2D eigenvalue weighted by atomic mass is 16.6. The standard InChI is InChI=1S/C9H5N3O4/c13-9(14)7-8(12(15)16)11-6-4-2-1-3-5(6)10-7/h1-4H,(H,13,14). The number of hydrogen-bond donors (Lipinski definition) is 1. The first-order valence-electron chi connectivity index (χ1n) is 4.24. The zero-order valence-electron chi connectivity index (χ0n) is 7.82. The lowest BCUT2D eigenvalue weighted by Gasteiger charge is -1.98. The molecule has 7 heteroatoms. The van der Waals surface area contributed by atoms with Crippen molar-refractivity contribution >= 4 is 22.8 Å². The number of nitrogens with zero attached hydrogens (tertiary/aromatic N) is 3. The van der Waals surface area contributed by atoms with Crippen molar-refractivity contribution in [3.05, 3.63) is 40.1 Å². The number of para-hydroxylation sites is 2. The van der Waals surface area contributed by atoms with Gasteiger partial charge in [0.1, 0.15) is 5.52 Å². The average Bonchev–Trinajstić information content (AvgIpc) is 2.27. The summed E-state index contributed by atoms with van der Waals surface area (Å²) in [4.78, 5) is 27.9. The molecule has 0 amide bonds. The second-order valence-corrected chi connectivity index (χ2v) is 2.95. The maximum atomic E-state index is 10.8. The first-order chi connectivity index (χ1) is 7.59. The number of carboxylic acids is 1. The lowest BCUT2D eigenvalue weighted by atomic mass is 10.3. The molecule has 2 rings (SSSR count). The van der Waals surface area contributed by atoms with Gasteiger partial charge in [0, 0.05) is 0 Å². The number of rotatable bonds is 2. The highest BCUT2D eigenvalue weighted by Crippen LogP contribution is 2.18. The lowest BCUT2D eigenvalue weighted by molar-refractivity contribution is -0.389. The Bertz CT molecular complexity index is 544. The number of hydrogen-bond acceptors (Lipinski definition) is 5. The van der Waals surface area contributed by atoms with Gasteiger partial charge in [-0.2, -0.15) is 0 Å². The highest BCUT2D eigenvalue weighted by molar-refractivity contribution is 5.92. The van der Waals surface area contributed by atoms with Crippen LogP contribution in [0.15, 0.2) is 24.3 Å². The second kappa shape index (κ2) is 3.54. The largest absolute Gasteiger partial charge is 0.476 e. The molecule has 0 spiro atoms. The number of carbonyl (C=O) groups is 1. The van der Waals surface area contributed by atoms with Crippen molar-refractivity contribution in [2.75, 3.05) is 0 Å². The summed E-state index contributed by atoms with van der Waals surface area (Å²) in [5.41, 5.74) is -0.0478. The van der Waals surface area contributed by atoms with Crippen molar-refractivity contribution in [3.63, 3.8) is 0 Å². The number of benzene rings is 1. The predicted octanol–water partition coefficient (Wildman–Crippen LogP) is 1.24. The van der Waals surface area contributed by atoms with Gasteiger partial charge in [0.05, 0.1) is 0 Å². The second-order valence-electron chi connectivity index (χ2n) is 2.95. The summed E-state index contributed by atoms with van der Waals surface area (Å²) in [6.45, 7) is 0. The number of carboxylic acid groups (broad SMARTS) is 1. The Morgan fingerprint density at radius 3 is 2.31 bits per heavy atom. The monoisotopic (exact) mass is 219 g/mol. The molecule has 1 N–H and O–H groups in total. The molecule has 0 radical (unpaired) electrons. The van der Waals surface area contributed by atoms with E-state index in [0.717, 1.165) is 0 Å². The fraction of sp³-hybridized carbons (Fsp3) is 0. The van der Waals surface area contributed by atoms with Crippen molar-refractivity contribution in [1.82, 2.24) is 9.97 Å².